The van der Waals surface area contributed by atoms with E-state index < -0.39 is 17.3 Å². The van der Waals surface area contributed by atoms with E-state index in [0.717, 1.165) is 16.8 Å². The Morgan fingerprint density at radius 2 is 1.73 bits per heavy atom. The van der Waals surface area contributed by atoms with Crippen LogP contribution < -0.4 is 5.56 Å². The third-order valence-electron chi connectivity index (χ3n) is 4.37. The Balaban J connectivity index is 1.95. The average molecular weight is 428 g/mol. The van der Waals surface area contributed by atoms with Crippen molar-refractivity contribution >= 4 is 28.7 Å². The summed E-state index contributed by atoms with van der Waals surface area (Å²) in [5.74, 6) is 0.00285. The van der Waals surface area contributed by atoms with Gasteiger partial charge in [0, 0.05) is 10.6 Å². The van der Waals surface area contributed by atoms with Crippen molar-refractivity contribution in [1.82, 2.24) is 9.66 Å². The average Bonchev–Trinajstić information content (AvgIpc) is 2.72. The molecule has 30 heavy (non-hydrogen) atoms. The molecule has 150 valence electrons. The molecule has 0 fully saturated rings. The molecule has 4 aromatic rings. The van der Waals surface area contributed by atoms with E-state index in [9.17, 15) is 18.0 Å². The Kier molecular flexibility index (Phi) is 5.13. The number of benzene rings is 3. The van der Waals surface area contributed by atoms with Crippen LogP contribution in [0, 0.1) is 0 Å². The summed E-state index contributed by atoms with van der Waals surface area (Å²) >= 11 is 5.97. The van der Waals surface area contributed by atoms with Crippen LogP contribution in [0.1, 0.15) is 11.1 Å². The number of rotatable bonds is 3. The molecule has 0 aliphatic rings. The van der Waals surface area contributed by atoms with Gasteiger partial charge in [-0.1, -0.05) is 48.0 Å². The van der Waals surface area contributed by atoms with Gasteiger partial charge in [-0.25, -0.2) is 4.98 Å². The van der Waals surface area contributed by atoms with Gasteiger partial charge < -0.3 is 0 Å². The Labute approximate surface area is 173 Å². The topological polar surface area (TPSA) is 47.2 Å². The van der Waals surface area contributed by atoms with E-state index in [0.29, 0.717) is 21.5 Å². The standard InChI is InChI=1S/C22H13ClF3N3O/c23-17-8-3-5-14(11-17)13-27-29-20(15-6-4-7-16(12-15)22(24,25)26)28-19-10-2-1-9-18(19)21(29)30/h1-13H. The highest BCUT2D eigenvalue weighted by atomic mass is 35.5. The third-order valence-corrected chi connectivity index (χ3v) is 4.61. The van der Waals surface area contributed by atoms with Crippen LogP contribution in [0.15, 0.2) is 82.7 Å². The Bertz CT molecular complexity index is 1330. The highest BCUT2D eigenvalue weighted by molar-refractivity contribution is 6.30. The van der Waals surface area contributed by atoms with Gasteiger partial charge >= 0.3 is 6.18 Å². The van der Waals surface area contributed by atoms with Crippen LogP contribution in [0.5, 0.6) is 0 Å². The van der Waals surface area contributed by atoms with E-state index in [1.54, 1.807) is 48.5 Å². The number of para-hydroxylation sites is 1. The maximum atomic E-state index is 13.2. The largest absolute Gasteiger partial charge is 0.416 e. The molecular weight excluding hydrogens is 415 g/mol. The summed E-state index contributed by atoms with van der Waals surface area (Å²) in [5, 5.41) is 5.00. The molecule has 0 radical (unpaired) electrons. The Morgan fingerprint density at radius 3 is 2.50 bits per heavy atom. The van der Waals surface area contributed by atoms with Crippen molar-refractivity contribution < 1.29 is 13.2 Å². The highest BCUT2D eigenvalue weighted by Crippen LogP contribution is 2.31. The number of hydrogen-bond donors (Lipinski definition) is 0. The van der Waals surface area contributed by atoms with Crippen LogP contribution in [0.4, 0.5) is 13.2 Å². The van der Waals surface area contributed by atoms with Gasteiger partial charge in [0.25, 0.3) is 5.56 Å². The molecule has 1 heterocycles. The molecule has 0 spiro atoms. The van der Waals surface area contributed by atoms with E-state index in [4.69, 9.17) is 11.6 Å². The molecule has 0 saturated carbocycles. The van der Waals surface area contributed by atoms with Crippen molar-refractivity contribution in [3.63, 3.8) is 0 Å². The fraction of sp³-hybridized carbons (Fsp3) is 0.0455. The lowest BCUT2D eigenvalue weighted by molar-refractivity contribution is -0.137. The molecule has 0 aliphatic carbocycles. The minimum Gasteiger partial charge on any atom is -0.267 e. The quantitative estimate of drug-likeness (QED) is 0.398. The van der Waals surface area contributed by atoms with Crippen LogP contribution >= 0.6 is 11.6 Å². The number of nitrogens with zero attached hydrogens (tertiary/aromatic N) is 3. The van der Waals surface area contributed by atoms with Gasteiger partial charge in [-0.05, 0) is 42.0 Å². The van der Waals surface area contributed by atoms with E-state index in [1.165, 1.54) is 18.3 Å². The smallest absolute Gasteiger partial charge is 0.267 e. The highest BCUT2D eigenvalue weighted by Gasteiger charge is 2.30. The van der Waals surface area contributed by atoms with Crippen LogP contribution in [0.25, 0.3) is 22.3 Å². The number of aromatic nitrogens is 2. The lowest BCUT2D eigenvalue weighted by atomic mass is 10.1. The van der Waals surface area contributed by atoms with Crippen molar-refractivity contribution in [1.29, 1.82) is 0 Å². The van der Waals surface area contributed by atoms with Crippen LogP contribution in [-0.4, -0.2) is 15.9 Å². The van der Waals surface area contributed by atoms with Gasteiger partial charge in [0.1, 0.15) is 0 Å². The zero-order valence-electron chi connectivity index (χ0n) is 15.3. The zero-order chi connectivity index (χ0) is 21.3. The second-order valence-corrected chi connectivity index (χ2v) is 6.88. The summed E-state index contributed by atoms with van der Waals surface area (Å²) in [6, 6.07) is 18.0. The fourth-order valence-corrected chi connectivity index (χ4v) is 3.16. The van der Waals surface area contributed by atoms with Crippen LogP contribution in [-0.2, 0) is 6.18 Å². The van der Waals surface area contributed by atoms with Crippen molar-refractivity contribution in [2.75, 3.05) is 0 Å². The molecule has 1 aromatic heterocycles. The monoisotopic (exact) mass is 427 g/mol. The van der Waals surface area contributed by atoms with E-state index >= 15 is 0 Å². The third kappa shape index (κ3) is 3.97. The van der Waals surface area contributed by atoms with Gasteiger partial charge in [0.2, 0.25) is 0 Å². The second kappa shape index (κ2) is 7.76. The molecule has 0 N–H and O–H groups in total. The molecule has 0 aliphatic heterocycles. The van der Waals surface area contributed by atoms with Crippen molar-refractivity contribution in [3.05, 3.63) is 99.3 Å². The van der Waals surface area contributed by atoms with E-state index in [-0.39, 0.29) is 11.4 Å². The van der Waals surface area contributed by atoms with Crippen LogP contribution in [0.3, 0.4) is 0 Å². The number of hydrogen-bond acceptors (Lipinski definition) is 3. The predicted octanol–water partition coefficient (Wildman–Crippen LogP) is 5.62. The summed E-state index contributed by atoms with van der Waals surface area (Å²) in [5.41, 5.74) is -0.225. The van der Waals surface area contributed by atoms with Gasteiger partial charge in [-0.3, -0.25) is 4.79 Å². The molecule has 0 unspecified atom stereocenters. The maximum absolute atomic E-state index is 13.2. The van der Waals surface area contributed by atoms with E-state index in [1.807, 2.05) is 0 Å². The molecule has 4 nitrogen and oxygen atoms in total. The maximum Gasteiger partial charge on any atom is 0.416 e. The molecular formula is C22H13ClF3N3O. The second-order valence-electron chi connectivity index (χ2n) is 6.45. The number of halogens is 4. The molecule has 0 saturated heterocycles. The molecule has 0 atom stereocenters. The van der Waals surface area contributed by atoms with Crippen molar-refractivity contribution in [2.24, 2.45) is 5.10 Å². The summed E-state index contributed by atoms with van der Waals surface area (Å²) in [7, 11) is 0. The normalized spacial score (nSPS) is 12.0. The molecule has 3 aromatic carbocycles. The molecule has 0 bridgehead atoms. The first kappa shape index (κ1) is 19.8. The van der Waals surface area contributed by atoms with Crippen molar-refractivity contribution in [2.45, 2.75) is 6.18 Å². The number of alkyl halides is 3. The van der Waals surface area contributed by atoms with Gasteiger partial charge in [-0.15, -0.1) is 0 Å². The Hall–Kier alpha value is -3.45. The summed E-state index contributed by atoms with van der Waals surface area (Å²) < 4.78 is 40.6. The molecule has 4 rings (SSSR count). The fourth-order valence-electron chi connectivity index (χ4n) is 2.96. The van der Waals surface area contributed by atoms with Gasteiger partial charge in [0.05, 0.1) is 22.7 Å². The van der Waals surface area contributed by atoms with Gasteiger partial charge in [0.15, 0.2) is 5.82 Å². The van der Waals surface area contributed by atoms with Crippen LogP contribution in [0.2, 0.25) is 5.02 Å². The lowest BCUT2D eigenvalue weighted by Crippen LogP contribution is -2.20. The van der Waals surface area contributed by atoms with Crippen molar-refractivity contribution in [3.8, 4) is 11.4 Å². The summed E-state index contributed by atoms with van der Waals surface area (Å²) in [6.45, 7) is 0. The van der Waals surface area contributed by atoms with Gasteiger partial charge in [-0.2, -0.15) is 22.9 Å². The molecule has 0 amide bonds. The molecule has 8 heteroatoms. The summed E-state index contributed by atoms with van der Waals surface area (Å²) in [6.07, 6.45) is -3.12. The predicted molar refractivity (Wildman–Crippen MR) is 111 cm³/mol. The van der Waals surface area contributed by atoms with E-state index in [2.05, 4.69) is 10.1 Å². The minimum atomic E-state index is -4.53. The minimum absolute atomic E-state index is 0.00285. The first-order valence-corrected chi connectivity index (χ1v) is 9.20. The summed E-state index contributed by atoms with van der Waals surface area (Å²) in [4.78, 5) is 17.5. The lowest BCUT2D eigenvalue weighted by Gasteiger charge is -2.12. The Morgan fingerprint density at radius 1 is 0.967 bits per heavy atom. The SMILES string of the molecule is O=c1c2ccccc2nc(-c2cccc(C(F)(F)F)c2)n1N=Cc1cccc(Cl)c1. The number of fused-ring (bicyclic) bond motifs is 1. The first-order chi connectivity index (χ1) is 14.3. The zero-order valence-corrected chi connectivity index (χ0v) is 16.0. The first-order valence-electron chi connectivity index (χ1n) is 8.82.